The van der Waals surface area contributed by atoms with E-state index in [-0.39, 0.29) is 17.9 Å². The van der Waals surface area contributed by atoms with Gasteiger partial charge in [-0.05, 0) is 23.8 Å². The molecule has 0 saturated carbocycles. The van der Waals surface area contributed by atoms with Crippen molar-refractivity contribution in [1.82, 2.24) is 19.9 Å². The Hall–Kier alpha value is -3.81. The number of para-hydroxylation sites is 2. The van der Waals surface area contributed by atoms with Crippen LogP contribution in [-0.2, 0) is 11.3 Å². The van der Waals surface area contributed by atoms with E-state index in [9.17, 15) is 9.59 Å². The number of likely N-dealkylation sites (tertiary alicyclic amines) is 1. The molecule has 2 aliphatic heterocycles. The van der Waals surface area contributed by atoms with Crippen LogP contribution < -0.4 is 9.64 Å². The van der Waals surface area contributed by atoms with E-state index >= 15 is 0 Å². The molecular weight excluding hydrogens is 382 g/mol. The highest BCUT2D eigenvalue weighted by atomic mass is 16.5. The number of aromatic nitrogens is 3. The first-order valence-electron chi connectivity index (χ1n) is 9.72. The van der Waals surface area contributed by atoms with Gasteiger partial charge in [-0.3, -0.25) is 14.6 Å². The fourth-order valence-electron chi connectivity index (χ4n) is 4.01. The Bertz CT molecular complexity index is 1080. The molecule has 0 spiro atoms. The zero-order chi connectivity index (χ0) is 20.5. The Morgan fingerprint density at radius 2 is 1.90 bits per heavy atom. The molecule has 2 aromatic heterocycles. The van der Waals surface area contributed by atoms with Crippen LogP contribution in [-0.4, -0.2) is 50.4 Å². The van der Waals surface area contributed by atoms with E-state index < -0.39 is 6.04 Å². The summed E-state index contributed by atoms with van der Waals surface area (Å²) in [6.45, 7) is 0.671. The van der Waals surface area contributed by atoms with E-state index in [4.69, 9.17) is 4.74 Å². The molecule has 1 saturated heterocycles. The Morgan fingerprint density at radius 1 is 1.07 bits per heavy atom. The van der Waals surface area contributed by atoms with Crippen molar-refractivity contribution in [2.24, 2.45) is 0 Å². The molecule has 0 N–H and O–H groups in total. The minimum atomic E-state index is -0.618. The lowest BCUT2D eigenvalue weighted by Crippen LogP contribution is -2.48. The summed E-state index contributed by atoms with van der Waals surface area (Å²) in [5, 5.41) is 0. The van der Waals surface area contributed by atoms with Crippen molar-refractivity contribution in [1.29, 1.82) is 0 Å². The summed E-state index contributed by atoms with van der Waals surface area (Å²) >= 11 is 0. The summed E-state index contributed by atoms with van der Waals surface area (Å²) in [4.78, 5) is 42.1. The van der Waals surface area contributed by atoms with E-state index in [0.29, 0.717) is 36.5 Å². The zero-order valence-electron chi connectivity index (χ0n) is 16.1. The highest BCUT2D eigenvalue weighted by Gasteiger charge is 2.45. The van der Waals surface area contributed by atoms with Crippen LogP contribution in [0.5, 0.6) is 5.75 Å². The van der Waals surface area contributed by atoms with E-state index in [1.165, 1.54) is 18.7 Å². The van der Waals surface area contributed by atoms with Crippen LogP contribution in [0, 0.1) is 0 Å². The summed E-state index contributed by atoms with van der Waals surface area (Å²) in [6, 6.07) is 10.6. The predicted molar refractivity (Wildman–Crippen MR) is 108 cm³/mol. The lowest BCUT2D eigenvalue weighted by Gasteiger charge is -2.31. The summed E-state index contributed by atoms with van der Waals surface area (Å²) in [5.41, 5.74) is 1.94. The standard InChI is InChI=1S/C22H19N5O3/c28-21(16-10-24-14-25-11-16)27-13-17-8-19(27)22(29)26(12-15-4-3-7-23-9-15)18-5-1-2-6-20(18)30-17/h1-7,9-11,14,17,19H,8,12-13H2/t17-,19-/m0/s1. The molecule has 8 nitrogen and oxygen atoms in total. The number of carbonyl (C=O) groups excluding carboxylic acids is 2. The molecule has 4 heterocycles. The van der Waals surface area contributed by atoms with E-state index in [0.717, 1.165) is 5.56 Å². The predicted octanol–water partition coefficient (Wildman–Crippen LogP) is 2.08. The van der Waals surface area contributed by atoms with Crippen molar-refractivity contribution in [3.05, 3.63) is 78.6 Å². The number of anilines is 1. The molecule has 5 rings (SSSR count). The Balaban J connectivity index is 1.53. The second kappa shape index (κ2) is 7.55. The number of hydrogen-bond donors (Lipinski definition) is 0. The number of carbonyl (C=O) groups is 2. The van der Waals surface area contributed by atoms with Gasteiger partial charge in [0.2, 0.25) is 5.91 Å². The van der Waals surface area contributed by atoms with E-state index in [1.54, 1.807) is 22.2 Å². The average molecular weight is 401 g/mol. The lowest BCUT2D eigenvalue weighted by molar-refractivity contribution is -0.122. The molecule has 2 amide bonds. The monoisotopic (exact) mass is 401 g/mol. The fraction of sp³-hybridized carbons (Fsp3) is 0.227. The number of pyridine rings is 1. The molecule has 1 aromatic carbocycles. The van der Waals surface area contributed by atoms with Gasteiger partial charge < -0.3 is 14.5 Å². The lowest BCUT2D eigenvalue weighted by atomic mass is 10.1. The first kappa shape index (κ1) is 18.2. The first-order valence-corrected chi connectivity index (χ1v) is 9.72. The maximum atomic E-state index is 13.7. The highest BCUT2D eigenvalue weighted by Crippen LogP contribution is 2.37. The molecule has 1 fully saturated rings. The second-order valence-corrected chi connectivity index (χ2v) is 7.33. The molecule has 2 atom stereocenters. The Morgan fingerprint density at radius 3 is 2.70 bits per heavy atom. The van der Waals surface area contributed by atoms with Crippen molar-refractivity contribution in [3.63, 3.8) is 0 Å². The molecule has 0 radical (unpaired) electrons. The van der Waals surface area contributed by atoms with Gasteiger partial charge in [-0.1, -0.05) is 18.2 Å². The minimum Gasteiger partial charge on any atom is -0.486 e. The number of amides is 2. The highest BCUT2D eigenvalue weighted by molar-refractivity contribution is 6.03. The molecule has 2 aliphatic rings. The number of rotatable bonds is 3. The van der Waals surface area contributed by atoms with Gasteiger partial charge in [-0.15, -0.1) is 0 Å². The number of fused-ring (bicyclic) bond motifs is 3. The van der Waals surface area contributed by atoms with Gasteiger partial charge in [0, 0.05) is 31.2 Å². The third-order valence-electron chi connectivity index (χ3n) is 5.40. The van der Waals surface area contributed by atoms with Gasteiger partial charge in [0.05, 0.1) is 24.3 Å². The fourth-order valence-corrected chi connectivity index (χ4v) is 4.01. The van der Waals surface area contributed by atoms with Crippen LogP contribution in [0.2, 0.25) is 0 Å². The van der Waals surface area contributed by atoms with Gasteiger partial charge in [0.15, 0.2) is 0 Å². The molecule has 150 valence electrons. The Kier molecular flexibility index (Phi) is 4.59. The number of ether oxygens (including phenoxy) is 1. The van der Waals surface area contributed by atoms with Crippen molar-refractivity contribution in [3.8, 4) is 5.75 Å². The molecule has 3 aromatic rings. The Labute approximate surface area is 173 Å². The maximum Gasteiger partial charge on any atom is 0.257 e. The van der Waals surface area contributed by atoms with Crippen LogP contribution in [0.25, 0.3) is 0 Å². The molecular formula is C22H19N5O3. The topological polar surface area (TPSA) is 88.5 Å². The number of hydrogen-bond acceptors (Lipinski definition) is 6. The van der Waals surface area contributed by atoms with Gasteiger partial charge in [-0.2, -0.15) is 0 Å². The van der Waals surface area contributed by atoms with Crippen LogP contribution in [0.4, 0.5) is 5.69 Å². The number of benzene rings is 1. The quantitative estimate of drug-likeness (QED) is 0.668. The van der Waals surface area contributed by atoms with Crippen LogP contribution in [0.15, 0.2) is 67.5 Å². The van der Waals surface area contributed by atoms with Crippen molar-refractivity contribution in [2.75, 3.05) is 11.4 Å². The van der Waals surface area contributed by atoms with Crippen LogP contribution >= 0.6 is 0 Å². The second-order valence-electron chi connectivity index (χ2n) is 7.33. The van der Waals surface area contributed by atoms with Crippen molar-refractivity contribution in [2.45, 2.75) is 25.1 Å². The minimum absolute atomic E-state index is 0.137. The van der Waals surface area contributed by atoms with Gasteiger partial charge in [-0.25, -0.2) is 9.97 Å². The van der Waals surface area contributed by atoms with Crippen LogP contribution in [0.1, 0.15) is 22.3 Å². The third kappa shape index (κ3) is 3.26. The molecule has 2 bridgehead atoms. The van der Waals surface area contributed by atoms with Crippen molar-refractivity contribution >= 4 is 17.5 Å². The summed E-state index contributed by atoms with van der Waals surface area (Å²) in [7, 11) is 0. The molecule has 0 unspecified atom stereocenters. The molecule has 8 heteroatoms. The van der Waals surface area contributed by atoms with Gasteiger partial charge in [0.1, 0.15) is 24.2 Å². The third-order valence-corrected chi connectivity index (χ3v) is 5.40. The van der Waals surface area contributed by atoms with E-state index in [1.807, 2.05) is 36.4 Å². The normalized spacial score (nSPS) is 20.2. The number of nitrogens with zero attached hydrogens (tertiary/aromatic N) is 5. The zero-order valence-corrected chi connectivity index (χ0v) is 16.1. The van der Waals surface area contributed by atoms with E-state index in [2.05, 4.69) is 15.0 Å². The van der Waals surface area contributed by atoms with Crippen LogP contribution in [0.3, 0.4) is 0 Å². The van der Waals surface area contributed by atoms with Gasteiger partial charge >= 0.3 is 0 Å². The SMILES string of the molecule is O=C1[C@@H]2C[C@@H](CN2C(=O)c2cncnc2)Oc2ccccc2N1Cc1cccnc1. The maximum absolute atomic E-state index is 13.7. The van der Waals surface area contributed by atoms with Crippen molar-refractivity contribution < 1.29 is 14.3 Å². The first-order chi connectivity index (χ1) is 14.7. The largest absolute Gasteiger partial charge is 0.486 e. The molecule has 0 aliphatic carbocycles. The summed E-state index contributed by atoms with van der Waals surface area (Å²) in [6.07, 6.45) is 7.91. The van der Waals surface area contributed by atoms with Gasteiger partial charge in [0.25, 0.3) is 5.91 Å². The smallest absolute Gasteiger partial charge is 0.257 e. The summed E-state index contributed by atoms with van der Waals surface area (Å²) in [5.74, 6) is 0.227. The summed E-state index contributed by atoms with van der Waals surface area (Å²) < 4.78 is 6.23. The average Bonchev–Trinajstić information content (AvgIpc) is 3.22. The molecule has 30 heavy (non-hydrogen) atoms.